The lowest BCUT2D eigenvalue weighted by Crippen LogP contribution is -2.38. The predicted octanol–water partition coefficient (Wildman–Crippen LogP) is 5.09. The molecule has 30 heavy (non-hydrogen) atoms. The van der Waals surface area contributed by atoms with Gasteiger partial charge in [-0.05, 0) is 25.5 Å². The number of imidazole rings is 1. The molecule has 1 N–H and O–H groups in total. The summed E-state index contributed by atoms with van der Waals surface area (Å²) in [5.41, 5.74) is 2.11. The zero-order valence-electron chi connectivity index (χ0n) is 18.3. The number of nitrogens with zero attached hydrogens (tertiary/aromatic N) is 3. The molecule has 1 aromatic heterocycles. The van der Waals surface area contributed by atoms with E-state index in [4.69, 9.17) is 4.74 Å². The molecular formula is C24H35N3O3. The summed E-state index contributed by atoms with van der Waals surface area (Å²) in [6, 6.07) is 5.44. The van der Waals surface area contributed by atoms with E-state index in [0.717, 1.165) is 30.0 Å². The van der Waals surface area contributed by atoms with Crippen molar-refractivity contribution in [2.75, 3.05) is 18.1 Å². The highest BCUT2D eigenvalue weighted by Crippen LogP contribution is 2.44. The minimum absolute atomic E-state index is 0.168. The molecule has 0 radical (unpaired) electrons. The first-order valence-corrected chi connectivity index (χ1v) is 11.3. The van der Waals surface area contributed by atoms with Crippen molar-refractivity contribution in [2.45, 2.75) is 77.3 Å². The number of fused-ring (bicyclic) bond motifs is 1. The summed E-state index contributed by atoms with van der Waals surface area (Å²) in [4.78, 5) is 17.8. The number of anilines is 1. The number of hydrogen-bond donors (Lipinski definition) is 1. The SMILES string of the molecule is CCCCCCCCCOc1cccc2c1C(Cn1ccnc1)CN2C(C)C(=O)O. The third kappa shape index (κ3) is 5.55. The lowest BCUT2D eigenvalue weighted by Gasteiger charge is -2.24. The molecule has 164 valence electrons. The number of benzene rings is 1. The Morgan fingerprint density at radius 3 is 2.70 bits per heavy atom. The molecular weight excluding hydrogens is 378 g/mol. The fourth-order valence-corrected chi connectivity index (χ4v) is 4.29. The van der Waals surface area contributed by atoms with E-state index in [-0.39, 0.29) is 5.92 Å². The van der Waals surface area contributed by atoms with Crippen molar-refractivity contribution in [3.63, 3.8) is 0 Å². The fourth-order valence-electron chi connectivity index (χ4n) is 4.29. The highest BCUT2D eigenvalue weighted by atomic mass is 16.5. The van der Waals surface area contributed by atoms with Crippen LogP contribution >= 0.6 is 0 Å². The summed E-state index contributed by atoms with van der Waals surface area (Å²) in [5.74, 6) is 0.253. The fraction of sp³-hybridized carbons (Fsp3) is 0.583. The van der Waals surface area contributed by atoms with Gasteiger partial charge in [0.1, 0.15) is 11.8 Å². The number of rotatable bonds is 13. The topological polar surface area (TPSA) is 67.6 Å². The van der Waals surface area contributed by atoms with Crippen LogP contribution in [0.3, 0.4) is 0 Å². The van der Waals surface area contributed by atoms with Gasteiger partial charge in [0.25, 0.3) is 0 Å². The number of hydrogen-bond acceptors (Lipinski definition) is 4. The average molecular weight is 414 g/mol. The summed E-state index contributed by atoms with van der Waals surface area (Å²) in [6.45, 7) is 6.12. The number of aliphatic carboxylic acids is 1. The van der Waals surface area contributed by atoms with E-state index in [0.29, 0.717) is 13.2 Å². The molecule has 0 saturated carbocycles. The van der Waals surface area contributed by atoms with Crippen LogP contribution < -0.4 is 9.64 Å². The molecule has 2 heterocycles. The zero-order chi connectivity index (χ0) is 21.3. The highest BCUT2D eigenvalue weighted by molar-refractivity contribution is 5.80. The Morgan fingerprint density at radius 2 is 2.00 bits per heavy atom. The molecule has 1 aliphatic rings. The smallest absolute Gasteiger partial charge is 0.326 e. The van der Waals surface area contributed by atoms with Crippen LogP contribution in [0.5, 0.6) is 5.75 Å². The molecule has 0 aliphatic carbocycles. The van der Waals surface area contributed by atoms with E-state index in [9.17, 15) is 9.90 Å². The minimum Gasteiger partial charge on any atom is -0.493 e. The molecule has 2 atom stereocenters. The Balaban J connectivity index is 1.67. The first-order chi connectivity index (χ1) is 14.6. The first kappa shape index (κ1) is 22.2. The molecule has 3 rings (SSSR count). The number of carboxylic acids is 1. The van der Waals surface area contributed by atoms with E-state index in [1.807, 2.05) is 35.6 Å². The lowest BCUT2D eigenvalue weighted by atomic mass is 10.00. The Morgan fingerprint density at radius 1 is 1.23 bits per heavy atom. The molecule has 6 nitrogen and oxygen atoms in total. The molecule has 2 aromatic rings. The average Bonchev–Trinajstić information content (AvgIpc) is 3.38. The van der Waals surface area contributed by atoms with Crippen LogP contribution in [-0.2, 0) is 11.3 Å². The van der Waals surface area contributed by atoms with Crippen LogP contribution in [-0.4, -0.2) is 39.8 Å². The first-order valence-electron chi connectivity index (χ1n) is 11.3. The van der Waals surface area contributed by atoms with Gasteiger partial charge < -0.3 is 19.3 Å². The molecule has 2 unspecified atom stereocenters. The molecule has 0 spiro atoms. The third-order valence-corrected chi connectivity index (χ3v) is 6.00. The molecule has 0 saturated heterocycles. The van der Waals surface area contributed by atoms with E-state index in [1.165, 1.54) is 38.5 Å². The molecule has 6 heteroatoms. The van der Waals surface area contributed by atoms with Crippen molar-refractivity contribution < 1.29 is 14.6 Å². The van der Waals surface area contributed by atoms with Crippen LogP contribution in [0.15, 0.2) is 36.9 Å². The van der Waals surface area contributed by atoms with Gasteiger partial charge in [-0.15, -0.1) is 0 Å². The molecule has 1 aromatic carbocycles. The normalized spacial score (nSPS) is 16.5. The maximum Gasteiger partial charge on any atom is 0.326 e. The standard InChI is InChI=1S/C24H35N3O3/c1-3-4-5-6-7-8-9-15-30-22-12-10-11-21-23(22)20(16-26-14-13-25-18-26)17-27(21)19(2)24(28)29/h10-14,18-20H,3-9,15-17H2,1-2H3,(H,28,29). The van der Waals surface area contributed by atoms with Crippen LogP contribution in [0.2, 0.25) is 0 Å². The Hall–Kier alpha value is -2.50. The van der Waals surface area contributed by atoms with Gasteiger partial charge in [0.05, 0.1) is 12.9 Å². The number of carbonyl (C=O) groups is 1. The summed E-state index contributed by atoms with van der Waals surface area (Å²) in [5, 5.41) is 9.57. The summed E-state index contributed by atoms with van der Waals surface area (Å²) >= 11 is 0. The molecule has 1 aliphatic heterocycles. The van der Waals surface area contributed by atoms with Gasteiger partial charge in [0.2, 0.25) is 0 Å². The van der Waals surface area contributed by atoms with E-state index >= 15 is 0 Å². The number of unbranched alkanes of at least 4 members (excludes halogenated alkanes) is 6. The quantitative estimate of drug-likeness (QED) is 0.463. The number of aromatic nitrogens is 2. The minimum atomic E-state index is -0.807. The van der Waals surface area contributed by atoms with Crippen molar-refractivity contribution in [2.24, 2.45) is 0 Å². The second-order valence-corrected chi connectivity index (χ2v) is 8.28. The van der Waals surface area contributed by atoms with Crippen LogP contribution in [0, 0.1) is 0 Å². The Labute approximate surface area is 179 Å². The van der Waals surface area contributed by atoms with E-state index in [1.54, 1.807) is 13.1 Å². The molecule has 0 bridgehead atoms. The lowest BCUT2D eigenvalue weighted by molar-refractivity contribution is -0.138. The van der Waals surface area contributed by atoms with Gasteiger partial charge in [-0.3, -0.25) is 0 Å². The van der Waals surface area contributed by atoms with Gasteiger partial charge >= 0.3 is 5.97 Å². The number of carboxylic acid groups (broad SMARTS) is 1. The van der Waals surface area contributed by atoms with Crippen molar-refractivity contribution in [3.8, 4) is 5.75 Å². The highest BCUT2D eigenvalue weighted by Gasteiger charge is 2.36. The third-order valence-electron chi connectivity index (χ3n) is 6.00. The van der Waals surface area contributed by atoms with Crippen molar-refractivity contribution >= 4 is 11.7 Å². The van der Waals surface area contributed by atoms with Gasteiger partial charge in [-0.2, -0.15) is 0 Å². The van der Waals surface area contributed by atoms with Crippen molar-refractivity contribution in [1.29, 1.82) is 0 Å². The van der Waals surface area contributed by atoms with Crippen LogP contribution in [0.1, 0.15) is 70.3 Å². The van der Waals surface area contributed by atoms with Gasteiger partial charge in [-0.25, -0.2) is 9.78 Å². The Bertz CT molecular complexity index is 791. The molecule has 0 fully saturated rings. The monoisotopic (exact) mass is 413 g/mol. The maximum absolute atomic E-state index is 11.7. The largest absolute Gasteiger partial charge is 0.493 e. The summed E-state index contributed by atoms with van der Waals surface area (Å²) in [7, 11) is 0. The Kier molecular flexibility index (Phi) is 8.17. The van der Waals surface area contributed by atoms with Crippen LogP contribution in [0.4, 0.5) is 5.69 Å². The summed E-state index contributed by atoms with van der Waals surface area (Å²) < 4.78 is 8.27. The van der Waals surface area contributed by atoms with Gasteiger partial charge in [0, 0.05) is 42.7 Å². The predicted molar refractivity (Wildman–Crippen MR) is 119 cm³/mol. The van der Waals surface area contributed by atoms with E-state index < -0.39 is 12.0 Å². The molecule has 0 amide bonds. The van der Waals surface area contributed by atoms with Crippen molar-refractivity contribution in [3.05, 3.63) is 42.5 Å². The second-order valence-electron chi connectivity index (χ2n) is 8.28. The van der Waals surface area contributed by atoms with Gasteiger partial charge in [0.15, 0.2) is 0 Å². The van der Waals surface area contributed by atoms with Crippen LogP contribution in [0.25, 0.3) is 0 Å². The zero-order valence-corrected chi connectivity index (χ0v) is 18.3. The number of ether oxygens (including phenoxy) is 1. The second kappa shape index (κ2) is 11.0. The van der Waals surface area contributed by atoms with E-state index in [2.05, 4.69) is 16.5 Å². The van der Waals surface area contributed by atoms with Gasteiger partial charge in [-0.1, -0.05) is 51.5 Å². The van der Waals surface area contributed by atoms with Crippen molar-refractivity contribution in [1.82, 2.24) is 9.55 Å². The summed E-state index contributed by atoms with van der Waals surface area (Å²) in [6.07, 6.45) is 14.3. The maximum atomic E-state index is 11.7.